The largest absolute Gasteiger partial charge is 3.00 e. The Morgan fingerprint density at radius 2 is 1.09 bits per heavy atom. The number of aliphatic carboxylic acids is 4. The van der Waals surface area contributed by atoms with Crippen molar-refractivity contribution < 1.29 is 108 Å². The van der Waals surface area contributed by atoms with E-state index in [1.54, 1.807) is 0 Å². The Bertz CT molecular complexity index is 391. The number of carboxylic acids is 4. The Kier molecular flexibility index (Phi) is 17.3. The summed E-state index contributed by atoms with van der Waals surface area (Å²) in [6.07, 6.45) is 0. The fraction of sp³-hybridized carbons (Fsp3) is 0.636. The molecule has 0 aliphatic heterocycles. The standard InChI is InChI=1S/C11H18N2O8.Fe.K/c1-7(13(5-10(18)19)6-11(20)21)2-12(3-8(14)15)4-9(16)17;;/h7H,2-6H2,1H3,(H,14,15)(H,16,17)(H,18,19)(H,20,21);;/q;+3;+1/p-4. The first kappa shape index (κ1) is 27.8. The summed E-state index contributed by atoms with van der Waals surface area (Å²) in [5.41, 5.74) is 0. The minimum absolute atomic E-state index is 0. The molecule has 0 aliphatic rings. The van der Waals surface area contributed by atoms with E-state index in [1.165, 1.54) is 6.92 Å². The van der Waals surface area contributed by atoms with Crippen LogP contribution in [0.5, 0.6) is 0 Å². The van der Waals surface area contributed by atoms with Crippen molar-refractivity contribution in [3.63, 3.8) is 0 Å². The summed E-state index contributed by atoms with van der Waals surface area (Å²) in [5.74, 6) is -6.13. The van der Waals surface area contributed by atoms with Gasteiger partial charge in [-0.25, -0.2) is 0 Å². The maximum Gasteiger partial charge on any atom is 3.00 e. The number of nitrogens with zero attached hydrogens (tertiary/aromatic N) is 2. The average molecular weight is 397 g/mol. The summed E-state index contributed by atoms with van der Waals surface area (Å²) in [5, 5.41) is 42.1. The van der Waals surface area contributed by atoms with Crippen LogP contribution in [0.3, 0.4) is 0 Å². The van der Waals surface area contributed by atoms with Crippen molar-refractivity contribution in [1.82, 2.24) is 9.80 Å². The van der Waals surface area contributed by atoms with Gasteiger partial charge in [0.2, 0.25) is 0 Å². The minimum Gasteiger partial charge on any atom is -0.549 e. The van der Waals surface area contributed by atoms with Gasteiger partial charge < -0.3 is 39.6 Å². The fourth-order valence-electron chi connectivity index (χ4n) is 1.74. The topological polar surface area (TPSA) is 167 Å². The second-order valence-electron chi connectivity index (χ2n) is 4.41. The first-order valence-corrected chi connectivity index (χ1v) is 5.87. The molecule has 1 radical (unpaired) electrons. The Morgan fingerprint density at radius 1 is 0.783 bits per heavy atom. The molecule has 0 saturated carbocycles. The number of carboxylic acid groups (broad SMARTS) is 4. The molecule has 0 spiro atoms. The second-order valence-corrected chi connectivity index (χ2v) is 4.41. The molecule has 0 saturated heterocycles. The molecule has 125 valence electrons. The molecule has 0 fully saturated rings. The predicted molar refractivity (Wildman–Crippen MR) is 57.5 cm³/mol. The minimum atomic E-state index is -1.53. The smallest absolute Gasteiger partial charge is 0.549 e. The van der Waals surface area contributed by atoms with Crippen molar-refractivity contribution in [1.29, 1.82) is 0 Å². The summed E-state index contributed by atoms with van der Waals surface area (Å²) in [6.45, 7) is -1.70. The fourth-order valence-corrected chi connectivity index (χ4v) is 1.74. The monoisotopic (exact) mass is 397 g/mol. The average Bonchev–Trinajstić information content (AvgIpc) is 2.24. The van der Waals surface area contributed by atoms with E-state index in [1.807, 2.05) is 0 Å². The molecule has 1 unspecified atom stereocenters. The van der Waals surface area contributed by atoms with Gasteiger partial charge in [0.05, 0.1) is 23.9 Å². The van der Waals surface area contributed by atoms with Crippen LogP contribution in [0.15, 0.2) is 0 Å². The van der Waals surface area contributed by atoms with Crippen molar-refractivity contribution in [3.8, 4) is 0 Å². The molecule has 0 bridgehead atoms. The molecule has 0 aromatic heterocycles. The van der Waals surface area contributed by atoms with E-state index in [2.05, 4.69) is 0 Å². The maximum absolute atomic E-state index is 10.5. The Morgan fingerprint density at radius 3 is 1.35 bits per heavy atom. The number of rotatable bonds is 11. The molecule has 0 N–H and O–H groups in total. The quantitative estimate of drug-likeness (QED) is 0.305. The van der Waals surface area contributed by atoms with Crippen molar-refractivity contribution in [2.24, 2.45) is 0 Å². The Hall–Kier alpha value is -0.0442. The summed E-state index contributed by atoms with van der Waals surface area (Å²) >= 11 is 0. The third-order valence-corrected chi connectivity index (χ3v) is 2.52. The molecule has 0 rings (SSSR count). The number of carbonyl (C=O) groups is 4. The van der Waals surface area contributed by atoms with Gasteiger partial charge in [-0.1, -0.05) is 0 Å². The molecular formula is C11H14FeKN2O8. The van der Waals surface area contributed by atoms with Crippen LogP contribution < -0.4 is 71.8 Å². The van der Waals surface area contributed by atoms with Crippen LogP contribution in [-0.2, 0) is 36.2 Å². The molecule has 0 amide bonds. The van der Waals surface area contributed by atoms with Gasteiger partial charge in [-0.3, -0.25) is 9.80 Å². The number of hydrogen-bond acceptors (Lipinski definition) is 10. The van der Waals surface area contributed by atoms with Gasteiger partial charge in [0.15, 0.2) is 0 Å². The van der Waals surface area contributed by atoms with E-state index in [-0.39, 0.29) is 75.0 Å². The Balaban J connectivity index is -0.00000200. The van der Waals surface area contributed by atoms with Crippen LogP contribution in [0.1, 0.15) is 6.92 Å². The molecule has 23 heavy (non-hydrogen) atoms. The summed E-state index contributed by atoms with van der Waals surface area (Å²) < 4.78 is 0. The van der Waals surface area contributed by atoms with Crippen LogP contribution in [0.4, 0.5) is 0 Å². The number of carbonyl (C=O) groups excluding carboxylic acids is 4. The van der Waals surface area contributed by atoms with Gasteiger partial charge >= 0.3 is 68.5 Å². The zero-order valence-electron chi connectivity index (χ0n) is 12.6. The van der Waals surface area contributed by atoms with Gasteiger partial charge in [-0.15, -0.1) is 0 Å². The second kappa shape index (κ2) is 14.3. The molecule has 1 atom stereocenters. The summed E-state index contributed by atoms with van der Waals surface area (Å²) in [7, 11) is 0. The molecular weight excluding hydrogens is 383 g/mol. The van der Waals surface area contributed by atoms with Crippen molar-refractivity contribution >= 4 is 23.9 Å². The van der Waals surface area contributed by atoms with Crippen LogP contribution in [0.2, 0.25) is 0 Å². The van der Waals surface area contributed by atoms with Crippen LogP contribution in [-0.4, -0.2) is 72.4 Å². The van der Waals surface area contributed by atoms with E-state index in [0.29, 0.717) is 0 Å². The van der Waals surface area contributed by atoms with Crippen molar-refractivity contribution in [2.45, 2.75) is 13.0 Å². The first-order valence-electron chi connectivity index (χ1n) is 5.87. The Labute approximate surface area is 185 Å². The van der Waals surface area contributed by atoms with Gasteiger partial charge in [-0.2, -0.15) is 0 Å². The van der Waals surface area contributed by atoms with Crippen LogP contribution in [0.25, 0.3) is 0 Å². The van der Waals surface area contributed by atoms with Gasteiger partial charge in [0.1, 0.15) is 0 Å². The predicted octanol–water partition coefficient (Wildman–Crippen LogP) is -10.0. The SMILES string of the molecule is CC(CN(CC(=O)[O-])CC(=O)[O-])N(CC(=O)[O-])CC(=O)[O-].[Fe+3].[K+]. The molecule has 0 aromatic rings. The maximum atomic E-state index is 10.5. The third kappa shape index (κ3) is 15.2. The summed E-state index contributed by atoms with van der Waals surface area (Å²) in [6, 6.07) is -0.778. The molecule has 0 aliphatic carbocycles. The van der Waals surface area contributed by atoms with E-state index in [4.69, 9.17) is 0 Å². The van der Waals surface area contributed by atoms with E-state index < -0.39 is 56.1 Å². The van der Waals surface area contributed by atoms with E-state index >= 15 is 0 Å². The summed E-state index contributed by atoms with van der Waals surface area (Å²) in [4.78, 5) is 44.0. The van der Waals surface area contributed by atoms with Gasteiger partial charge in [0, 0.05) is 38.8 Å². The van der Waals surface area contributed by atoms with Gasteiger partial charge in [0.25, 0.3) is 0 Å². The molecule has 0 aromatic carbocycles. The van der Waals surface area contributed by atoms with E-state index in [0.717, 1.165) is 9.80 Å². The first-order chi connectivity index (χ1) is 9.61. The van der Waals surface area contributed by atoms with E-state index in [9.17, 15) is 39.6 Å². The van der Waals surface area contributed by atoms with Crippen LogP contribution in [0, 0.1) is 0 Å². The van der Waals surface area contributed by atoms with Crippen LogP contribution >= 0.6 is 0 Å². The number of hydrogen-bond donors (Lipinski definition) is 0. The zero-order chi connectivity index (χ0) is 16.6. The van der Waals surface area contributed by atoms with Gasteiger partial charge in [-0.05, 0) is 6.92 Å². The third-order valence-electron chi connectivity index (χ3n) is 2.52. The normalized spacial score (nSPS) is 11.3. The zero-order valence-corrected chi connectivity index (χ0v) is 16.9. The van der Waals surface area contributed by atoms with Crippen molar-refractivity contribution in [2.75, 3.05) is 32.7 Å². The molecule has 12 heteroatoms. The molecule has 10 nitrogen and oxygen atoms in total. The molecule has 0 heterocycles. The van der Waals surface area contributed by atoms with Crippen molar-refractivity contribution in [3.05, 3.63) is 0 Å².